The van der Waals surface area contributed by atoms with Crippen LogP contribution in [-0.2, 0) is 0 Å². The van der Waals surface area contributed by atoms with E-state index in [0.717, 1.165) is 18.9 Å². The Hall–Kier alpha value is -1.00. The van der Waals surface area contributed by atoms with Crippen LogP contribution in [0.4, 0.5) is 8.78 Å². The molecular formula is C13H18F2N2. The zero-order valence-electron chi connectivity index (χ0n) is 10.2. The summed E-state index contributed by atoms with van der Waals surface area (Å²) in [7, 11) is 3.81. The Morgan fingerprint density at radius 1 is 1.35 bits per heavy atom. The van der Waals surface area contributed by atoms with Crippen molar-refractivity contribution in [2.24, 2.45) is 11.1 Å². The van der Waals surface area contributed by atoms with Crippen LogP contribution in [-0.4, -0.2) is 25.5 Å². The van der Waals surface area contributed by atoms with Crippen LogP contribution >= 0.6 is 0 Å². The molecule has 2 N–H and O–H groups in total. The molecule has 94 valence electrons. The van der Waals surface area contributed by atoms with E-state index in [-0.39, 0.29) is 11.5 Å². The normalized spacial score (nSPS) is 19.4. The summed E-state index contributed by atoms with van der Waals surface area (Å²) in [6, 6.07) is 3.71. The fourth-order valence-electron chi connectivity index (χ4n) is 2.63. The predicted molar refractivity (Wildman–Crippen MR) is 63.5 cm³/mol. The van der Waals surface area contributed by atoms with E-state index < -0.39 is 11.6 Å². The molecule has 1 fully saturated rings. The number of nitrogens with two attached hydrogens (primary N) is 1. The molecule has 17 heavy (non-hydrogen) atoms. The number of hydrogen-bond donors (Lipinski definition) is 1. The van der Waals surface area contributed by atoms with Gasteiger partial charge in [0.2, 0.25) is 0 Å². The molecule has 0 radical (unpaired) electrons. The highest BCUT2D eigenvalue weighted by Crippen LogP contribution is 2.56. The second kappa shape index (κ2) is 4.35. The molecule has 0 heterocycles. The highest BCUT2D eigenvalue weighted by molar-refractivity contribution is 5.26. The standard InChI is InChI=1S/C13H18F2N2/c1-17(2)12(13(8-16)5-6-13)10-4-3-9(14)7-11(10)15/h3-4,7,12H,5-6,8,16H2,1-2H3. The Kier molecular flexibility index (Phi) is 3.19. The van der Waals surface area contributed by atoms with Gasteiger partial charge < -0.3 is 10.6 Å². The molecule has 0 amide bonds. The molecule has 1 atom stereocenters. The molecule has 0 aliphatic heterocycles. The van der Waals surface area contributed by atoms with Gasteiger partial charge in [0.15, 0.2) is 0 Å². The van der Waals surface area contributed by atoms with E-state index in [1.807, 2.05) is 19.0 Å². The third kappa shape index (κ3) is 2.19. The molecule has 4 heteroatoms. The first-order valence-corrected chi connectivity index (χ1v) is 5.81. The van der Waals surface area contributed by atoms with Gasteiger partial charge in [-0.1, -0.05) is 6.07 Å². The molecule has 1 aliphatic carbocycles. The summed E-state index contributed by atoms with van der Waals surface area (Å²) in [4.78, 5) is 1.97. The van der Waals surface area contributed by atoms with E-state index in [1.54, 1.807) is 0 Å². The van der Waals surface area contributed by atoms with Gasteiger partial charge in [-0.15, -0.1) is 0 Å². The lowest BCUT2D eigenvalue weighted by Crippen LogP contribution is -2.34. The van der Waals surface area contributed by atoms with E-state index in [1.165, 1.54) is 12.1 Å². The van der Waals surface area contributed by atoms with Crippen LogP contribution in [0, 0.1) is 17.0 Å². The van der Waals surface area contributed by atoms with Crippen molar-refractivity contribution in [2.75, 3.05) is 20.6 Å². The number of benzene rings is 1. The molecule has 1 aromatic carbocycles. The Morgan fingerprint density at radius 3 is 2.41 bits per heavy atom. The summed E-state index contributed by atoms with van der Waals surface area (Å²) in [5.74, 6) is -1.02. The first kappa shape index (κ1) is 12.5. The van der Waals surface area contributed by atoms with E-state index in [9.17, 15) is 8.78 Å². The minimum Gasteiger partial charge on any atom is -0.330 e. The second-order valence-corrected chi connectivity index (χ2v) is 5.10. The zero-order valence-corrected chi connectivity index (χ0v) is 10.2. The maximum absolute atomic E-state index is 13.8. The molecule has 0 aromatic heterocycles. The Morgan fingerprint density at radius 2 is 2.00 bits per heavy atom. The van der Waals surface area contributed by atoms with Gasteiger partial charge in [0.1, 0.15) is 11.6 Å². The average Bonchev–Trinajstić information content (AvgIpc) is 3.02. The number of nitrogens with zero attached hydrogens (tertiary/aromatic N) is 1. The van der Waals surface area contributed by atoms with E-state index in [0.29, 0.717) is 12.1 Å². The largest absolute Gasteiger partial charge is 0.330 e. The third-order valence-electron chi connectivity index (χ3n) is 3.65. The first-order chi connectivity index (χ1) is 8.00. The second-order valence-electron chi connectivity index (χ2n) is 5.10. The van der Waals surface area contributed by atoms with Crippen molar-refractivity contribution in [1.29, 1.82) is 0 Å². The first-order valence-electron chi connectivity index (χ1n) is 5.81. The maximum atomic E-state index is 13.8. The lowest BCUT2D eigenvalue weighted by Gasteiger charge is -2.32. The fraction of sp³-hybridized carbons (Fsp3) is 0.538. The molecule has 0 saturated heterocycles. The Balaban J connectivity index is 2.40. The maximum Gasteiger partial charge on any atom is 0.130 e. The Bertz CT molecular complexity index is 414. The van der Waals surface area contributed by atoms with Crippen LogP contribution in [0.2, 0.25) is 0 Å². The molecule has 2 nitrogen and oxygen atoms in total. The van der Waals surface area contributed by atoms with Gasteiger partial charge in [-0.25, -0.2) is 8.78 Å². The van der Waals surface area contributed by atoms with Gasteiger partial charge in [-0.2, -0.15) is 0 Å². The van der Waals surface area contributed by atoms with Gasteiger partial charge >= 0.3 is 0 Å². The van der Waals surface area contributed by atoms with Crippen molar-refractivity contribution in [1.82, 2.24) is 4.90 Å². The SMILES string of the molecule is CN(C)C(c1ccc(F)cc1F)C1(CN)CC1. The zero-order chi connectivity index (χ0) is 12.6. The molecule has 1 unspecified atom stereocenters. The van der Waals surface area contributed by atoms with E-state index in [4.69, 9.17) is 5.73 Å². The number of halogens is 2. The van der Waals surface area contributed by atoms with Crippen LogP contribution in [0.5, 0.6) is 0 Å². The highest BCUT2D eigenvalue weighted by Gasteiger charge is 2.50. The highest BCUT2D eigenvalue weighted by atomic mass is 19.1. The summed E-state index contributed by atoms with van der Waals surface area (Å²) in [5.41, 5.74) is 6.30. The monoisotopic (exact) mass is 240 g/mol. The quantitative estimate of drug-likeness (QED) is 0.875. The molecule has 0 spiro atoms. The van der Waals surface area contributed by atoms with Crippen LogP contribution in [0.25, 0.3) is 0 Å². The van der Waals surface area contributed by atoms with Gasteiger partial charge in [-0.05, 0) is 39.5 Å². The van der Waals surface area contributed by atoms with Crippen molar-refractivity contribution >= 4 is 0 Å². The lowest BCUT2D eigenvalue weighted by molar-refractivity contribution is 0.193. The van der Waals surface area contributed by atoms with Gasteiger partial charge in [0.05, 0.1) is 0 Å². The third-order valence-corrected chi connectivity index (χ3v) is 3.65. The van der Waals surface area contributed by atoms with Crippen LogP contribution in [0.1, 0.15) is 24.4 Å². The average molecular weight is 240 g/mol. The van der Waals surface area contributed by atoms with Crippen molar-refractivity contribution in [2.45, 2.75) is 18.9 Å². The molecule has 1 saturated carbocycles. The molecule has 1 aliphatic rings. The summed E-state index contributed by atoms with van der Waals surface area (Å²) >= 11 is 0. The van der Waals surface area contributed by atoms with E-state index in [2.05, 4.69) is 0 Å². The van der Waals surface area contributed by atoms with Gasteiger partial charge in [-0.3, -0.25) is 0 Å². The molecule has 0 bridgehead atoms. The predicted octanol–water partition coefficient (Wildman–Crippen LogP) is 2.31. The van der Waals surface area contributed by atoms with Gasteiger partial charge in [0.25, 0.3) is 0 Å². The summed E-state index contributed by atoms with van der Waals surface area (Å²) in [6.45, 7) is 0.534. The number of rotatable bonds is 4. The number of hydrogen-bond acceptors (Lipinski definition) is 2. The van der Waals surface area contributed by atoms with Crippen molar-refractivity contribution < 1.29 is 8.78 Å². The van der Waals surface area contributed by atoms with Crippen LogP contribution in [0.15, 0.2) is 18.2 Å². The smallest absolute Gasteiger partial charge is 0.130 e. The van der Waals surface area contributed by atoms with Crippen molar-refractivity contribution in [3.63, 3.8) is 0 Å². The van der Waals surface area contributed by atoms with Crippen LogP contribution in [0.3, 0.4) is 0 Å². The van der Waals surface area contributed by atoms with Gasteiger partial charge in [0, 0.05) is 23.1 Å². The summed E-state index contributed by atoms with van der Waals surface area (Å²) in [6.07, 6.45) is 2.01. The lowest BCUT2D eigenvalue weighted by atomic mass is 9.89. The van der Waals surface area contributed by atoms with Crippen LogP contribution < -0.4 is 5.73 Å². The summed E-state index contributed by atoms with van der Waals surface area (Å²) < 4.78 is 26.8. The van der Waals surface area contributed by atoms with Crippen molar-refractivity contribution in [3.05, 3.63) is 35.4 Å². The topological polar surface area (TPSA) is 29.3 Å². The van der Waals surface area contributed by atoms with E-state index >= 15 is 0 Å². The molecule has 2 rings (SSSR count). The fourth-order valence-corrected chi connectivity index (χ4v) is 2.63. The minimum absolute atomic E-state index is 0.0395. The Labute approximate surface area is 100 Å². The molecular weight excluding hydrogens is 222 g/mol. The molecule has 1 aromatic rings. The minimum atomic E-state index is -0.540. The van der Waals surface area contributed by atoms with Crippen molar-refractivity contribution in [3.8, 4) is 0 Å². The summed E-state index contributed by atoms with van der Waals surface area (Å²) in [5, 5.41) is 0.